The molecule has 2 N–H and O–H groups in total. The highest BCUT2D eigenvalue weighted by Crippen LogP contribution is 2.22. The zero-order valence-electron chi connectivity index (χ0n) is 11.1. The Morgan fingerprint density at radius 2 is 2.30 bits per heavy atom. The summed E-state index contributed by atoms with van der Waals surface area (Å²) in [7, 11) is 0. The van der Waals surface area contributed by atoms with Gasteiger partial charge in [0, 0.05) is 23.5 Å². The summed E-state index contributed by atoms with van der Waals surface area (Å²) in [5.41, 5.74) is 1.99. The Balaban J connectivity index is 1.68. The molecule has 4 heteroatoms. The van der Waals surface area contributed by atoms with Crippen LogP contribution >= 0.6 is 0 Å². The van der Waals surface area contributed by atoms with E-state index in [0.717, 1.165) is 16.5 Å². The van der Waals surface area contributed by atoms with Gasteiger partial charge in [0.2, 0.25) is 0 Å². The number of para-hydroxylation sites is 1. The topological polar surface area (TPSA) is 62.5 Å². The van der Waals surface area contributed by atoms with Crippen LogP contribution in [-0.2, 0) is 11.3 Å². The average molecular weight is 271 g/mol. The molecule has 0 saturated heterocycles. The number of allylic oxidation sites excluding steroid dienone is 1. The van der Waals surface area contributed by atoms with Crippen molar-refractivity contribution in [2.75, 3.05) is 0 Å². The summed E-state index contributed by atoms with van der Waals surface area (Å²) in [6, 6.07) is 8.10. The SMILES string of the molecule is O=C(O)[C@@H]1CC=C[C@@H](NCc2cccc3ccoc23)C1. The monoisotopic (exact) mass is 271 g/mol. The molecule has 1 aliphatic rings. The second-order valence-electron chi connectivity index (χ2n) is 5.18. The number of fused-ring (bicyclic) bond motifs is 1. The molecular weight excluding hydrogens is 254 g/mol. The maximum Gasteiger partial charge on any atom is 0.306 e. The van der Waals surface area contributed by atoms with Gasteiger partial charge in [0.25, 0.3) is 0 Å². The molecule has 2 atom stereocenters. The molecule has 4 nitrogen and oxygen atoms in total. The maximum atomic E-state index is 11.0. The number of carbonyl (C=O) groups is 1. The first kappa shape index (κ1) is 12.9. The number of hydrogen-bond donors (Lipinski definition) is 2. The Kier molecular flexibility index (Phi) is 3.56. The lowest BCUT2D eigenvalue weighted by Crippen LogP contribution is -2.33. The number of carboxylic acid groups (broad SMARTS) is 1. The number of benzene rings is 1. The van der Waals surface area contributed by atoms with Crippen molar-refractivity contribution in [2.45, 2.75) is 25.4 Å². The van der Waals surface area contributed by atoms with E-state index < -0.39 is 5.97 Å². The number of carboxylic acids is 1. The zero-order valence-corrected chi connectivity index (χ0v) is 11.1. The van der Waals surface area contributed by atoms with E-state index in [1.165, 1.54) is 0 Å². The summed E-state index contributed by atoms with van der Waals surface area (Å²) in [6.07, 6.45) is 6.96. The first-order valence-electron chi connectivity index (χ1n) is 6.82. The van der Waals surface area contributed by atoms with Crippen molar-refractivity contribution in [1.29, 1.82) is 0 Å². The highest BCUT2D eigenvalue weighted by Gasteiger charge is 2.23. The molecule has 2 aromatic rings. The Morgan fingerprint density at radius 3 is 3.15 bits per heavy atom. The van der Waals surface area contributed by atoms with Crippen LogP contribution in [0, 0.1) is 5.92 Å². The highest BCUT2D eigenvalue weighted by molar-refractivity contribution is 5.80. The number of furan rings is 1. The van der Waals surface area contributed by atoms with Crippen LogP contribution in [0.1, 0.15) is 18.4 Å². The van der Waals surface area contributed by atoms with Crippen molar-refractivity contribution < 1.29 is 14.3 Å². The van der Waals surface area contributed by atoms with Crippen LogP contribution in [0.2, 0.25) is 0 Å². The fraction of sp³-hybridized carbons (Fsp3) is 0.312. The fourth-order valence-corrected chi connectivity index (χ4v) is 2.68. The van der Waals surface area contributed by atoms with Gasteiger partial charge in [-0.1, -0.05) is 30.4 Å². The Labute approximate surface area is 117 Å². The fourth-order valence-electron chi connectivity index (χ4n) is 2.68. The third-order valence-corrected chi connectivity index (χ3v) is 3.79. The minimum Gasteiger partial charge on any atom is -0.481 e. The minimum atomic E-state index is -0.714. The molecule has 1 aromatic carbocycles. The molecule has 0 bridgehead atoms. The lowest BCUT2D eigenvalue weighted by atomic mass is 9.91. The largest absolute Gasteiger partial charge is 0.481 e. The van der Waals surface area contributed by atoms with E-state index in [1.807, 2.05) is 30.3 Å². The third-order valence-electron chi connectivity index (χ3n) is 3.79. The standard InChI is InChI=1S/C16H17NO3/c18-16(19)12-4-2-6-14(9-12)17-10-13-5-1-3-11-7-8-20-15(11)13/h1-3,5-8,12,14,17H,4,9-10H2,(H,18,19)/t12-,14-/m1/s1. The van der Waals surface area contributed by atoms with Crippen molar-refractivity contribution in [3.05, 3.63) is 48.2 Å². The summed E-state index contributed by atoms with van der Waals surface area (Å²) < 4.78 is 5.50. The summed E-state index contributed by atoms with van der Waals surface area (Å²) >= 11 is 0. The molecule has 0 unspecified atom stereocenters. The summed E-state index contributed by atoms with van der Waals surface area (Å²) in [5.74, 6) is -0.994. The maximum absolute atomic E-state index is 11.0. The van der Waals surface area contributed by atoms with Crippen molar-refractivity contribution >= 4 is 16.9 Å². The number of aliphatic carboxylic acids is 1. The Hall–Kier alpha value is -2.07. The predicted molar refractivity (Wildman–Crippen MR) is 76.3 cm³/mol. The van der Waals surface area contributed by atoms with Crippen LogP contribution in [0.15, 0.2) is 47.1 Å². The van der Waals surface area contributed by atoms with Crippen LogP contribution in [0.5, 0.6) is 0 Å². The van der Waals surface area contributed by atoms with E-state index in [1.54, 1.807) is 6.26 Å². The van der Waals surface area contributed by atoms with Crippen molar-refractivity contribution in [1.82, 2.24) is 5.32 Å². The molecule has 0 aliphatic heterocycles. The third kappa shape index (κ3) is 2.60. The molecule has 1 aromatic heterocycles. The van der Waals surface area contributed by atoms with E-state index in [9.17, 15) is 4.79 Å². The first-order valence-corrected chi connectivity index (χ1v) is 6.82. The first-order chi connectivity index (χ1) is 9.74. The van der Waals surface area contributed by atoms with Crippen LogP contribution in [0.3, 0.4) is 0 Å². The minimum absolute atomic E-state index is 0.107. The smallest absolute Gasteiger partial charge is 0.306 e. The Bertz CT molecular complexity index is 644. The van der Waals surface area contributed by atoms with Crippen molar-refractivity contribution in [3.8, 4) is 0 Å². The van der Waals surface area contributed by atoms with Gasteiger partial charge in [-0.25, -0.2) is 0 Å². The number of hydrogen-bond acceptors (Lipinski definition) is 3. The quantitative estimate of drug-likeness (QED) is 0.839. The van der Waals surface area contributed by atoms with Crippen LogP contribution in [0.4, 0.5) is 0 Å². The highest BCUT2D eigenvalue weighted by atomic mass is 16.4. The molecule has 20 heavy (non-hydrogen) atoms. The van der Waals surface area contributed by atoms with Gasteiger partial charge < -0.3 is 14.8 Å². The van der Waals surface area contributed by atoms with Crippen LogP contribution in [-0.4, -0.2) is 17.1 Å². The summed E-state index contributed by atoms with van der Waals surface area (Å²) in [6.45, 7) is 0.673. The van der Waals surface area contributed by atoms with Gasteiger partial charge in [0.1, 0.15) is 5.58 Å². The average Bonchev–Trinajstić information content (AvgIpc) is 2.94. The van der Waals surface area contributed by atoms with Gasteiger partial charge in [-0.2, -0.15) is 0 Å². The summed E-state index contributed by atoms with van der Waals surface area (Å²) in [4.78, 5) is 11.0. The van der Waals surface area contributed by atoms with E-state index >= 15 is 0 Å². The number of rotatable bonds is 4. The summed E-state index contributed by atoms with van der Waals surface area (Å²) in [5, 5.41) is 13.6. The van der Waals surface area contributed by atoms with Gasteiger partial charge in [0.15, 0.2) is 0 Å². The predicted octanol–water partition coefficient (Wildman–Crippen LogP) is 2.94. The molecule has 1 aliphatic carbocycles. The zero-order chi connectivity index (χ0) is 13.9. The normalized spacial score (nSPS) is 22.2. The van der Waals surface area contributed by atoms with Crippen molar-refractivity contribution in [3.63, 3.8) is 0 Å². The van der Waals surface area contributed by atoms with Crippen molar-refractivity contribution in [2.24, 2.45) is 5.92 Å². The van der Waals surface area contributed by atoms with Gasteiger partial charge in [-0.05, 0) is 18.9 Å². The molecule has 0 radical (unpaired) electrons. The second kappa shape index (κ2) is 5.51. The number of nitrogens with one attached hydrogen (secondary N) is 1. The molecule has 0 fully saturated rings. The lowest BCUT2D eigenvalue weighted by molar-refractivity contribution is -0.142. The van der Waals surface area contributed by atoms with E-state index in [-0.39, 0.29) is 12.0 Å². The van der Waals surface area contributed by atoms with Gasteiger partial charge >= 0.3 is 5.97 Å². The van der Waals surface area contributed by atoms with Gasteiger partial charge in [-0.15, -0.1) is 0 Å². The molecule has 104 valence electrons. The van der Waals surface area contributed by atoms with Crippen LogP contribution < -0.4 is 5.32 Å². The lowest BCUT2D eigenvalue weighted by Gasteiger charge is -2.22. The van der Waals surface area contributed by atoms with Gasteiger partial charge in [0.05, 0.1) is 12.2 Å². The van der Waals surface area contributed by atoms with Crippen LogP contribution in [0.25, 0.3) is 11.0 Å². The molecular formula is C16H17NO3. The Morgan fingerprint density at radius 1 is 1.40 bits per heavy atom. The van der Waals surface area contributed by atoms with E-state index in [4.69, 9.17) is 9.52 Å². The molecule has 0 amide bonds. The molecule has 3 rings (SSSR count). The van der Waals surface area contributed by atoms with E-state index in [2.05, 4.69) is 11.4 Å². The van der Waals surface area contributed by atoms with Gasteiger partial charge in [-0.3, -0.25) is 4.79 Å². The molecule has 0 spiro atoms. The molecule has 1 heterocycles. The molecule has 0 saturated carbocycles. The second-order valence-corrected chi connectivity index (χ2v) is 5.18. The van der Waals surface area contributed by atoms with E-state index in [0.29, 0.717) is 19.4 Å².